The van der Waals surface area contributed by atoms with Gasteiger partial charge in [-0.25, -0.2) is 0 Å². The molecule has 0 aromatic carbocycles. The molecule has 0 radical (unpaired) electrons. The van der Waals surface area contributed by atoms with Gasteiger partial charge >= 0.3 is 0 Å². The molecule has 64 valence electrons. The fourth-order valence-electron chi connectivity index (χ4n) is 0.419. The van der Waals surface area contributed by atoms with Crippen molar-refractivity contribution < 1.29 is 9.59 Å². The van der Waals surface area contributed by atoms with Gasteiger partial charge in [0.15, 0.2) is 0 Å². The van der Waals surface area contributed by atoms with E-state index in [4.69, 9.17) is 11.5 Å². The molecule has 0 rings (SSSR count). The molecule has 0 aromatic rings. The predicted molar refractivity (Wildman–Crippen MR) is 45.4 cm³/mol. The van der Waals surface area contributed by atoms with E-state index in [0.717, 1.165) is 0 Å². The van der Waals surface area contributed by atoms with Crippen molar-refractivity contribution in [2.45, 2.75) is 12.1 Å². The molecule has 0 amide bonds. The molecule has 0 spiro atoms. The lowest BCUT2D eigenvalue weighted by Gasteiger charge is -2.04. The molecule has 5 heteroatoms. The maximum Gasteiger partial charge on any atom is 0.137 e. The van der Waals surface area contributed by atoms with Gasteiger partial charge in [-0.3, -0.25) is 0 Å². The van der Waals surface area contributed by atoms with Crippen molar-refractivity contribution >= 4 is 24.3 Å². The lowest BCUT2D eigenvalue weighted by Crippen LogP contribution is -2.28. The number of hydrogen-bond donors (Lipinski definition) is 2. The topological polar surface area (TPSA) is 86.2 Å². The van der Waals surface area contributed by atoms with Crippen LogP contribution in [0.2, 0.25) is 0 Å². The van der Waals surface area contributed by atoms with Crippen LogP contribution in [-0.2, 0) is 9.59 Å². The molecule has 0 saturated heterocycles. The first-order chi connectivity index (χ1) is 5.20. The Balaban J connectivity index is 3.26. The minimum absolute atomic E-state index is 0.446. The summed E-state index contributed by atoms with van der Waals surface area (Å²) < 4.78 is 0. The first-order valence-electron chi connectivity index (χ1n) is 3.20. The summed E-state index contributed by atoms with van der Waals surface area (Å²) in [5, 5.41) is 0. The summed E-state index contributed by atoms with van der Waals surface area (Å²) in [6.07, 6.45) is 1.36. The smallest absolute Gasteiger partial charge is 0.137 e. The van der Waals surface area contributed by atoms with Crippen LogP contribution in [0.3, 0.4) is 0 Å². The zero-order chi connectivity index (χ0) is 8.69. The molecule has 2 atom stereocenters. The highest BCUT2D eigenvalue weighted by Crippen LogP contribution is 2.00. The van der Waals surface area contributed by atoms with E-state index >= 15 is 0 Å². The summed E-state index contributed by atoms with van der Waals surface area (Å²) in [6, 6.07) is -0.891. The third-order valence-electron chi connectivity index (χ3n) is 0.970. The van der Waals surface area contributed by atoms with Crippen molar-refractivity contribution in [3.8, 4) is 0 Å². The van der Waals surface area contributed by atoms with Gasteiger partial charge in [0, 0.05) is 11.5 Å². The van der Waals surface area contributed by atoms with Crippen LogP contribution in [0.4, 0.5) is 0 Å². The van der Waals surface area contributed by atoms with Crippen LogP contribution in [0.15, 0.2) is 0 Å². The van der Waals surface area contributed by atoms with Gasteiger partial charge in [0.05, 0.1) is 12.1 Å². The quantitative estimate of drug-likeness (QED) is 0.495. The average Bonchev–Trinajstić information content (AvgIpc) is 2.04. The van der Waals surface area contributed by atoms with Gasteiger partial charge in [0.25, 0.3) is 0 Å². The van der Waals surface area contributed by atoms with E-state index in [-0.39, 0.29) is 0 Å². The Hall–Kier alpha value is -0.390. The SMILES string of the molecule is N[C@H](C=O)CSC[C@@H](N)C=O. The molecule has 0 aliphatic carbocycles. The van der Waals surface area contributed by atoms with Gasteiger partial charge in [0.2, 0.25) is 0 Å². The van der Waals surface area contributed by atoms with E-state index in [1.165, 1.54) is 11.8 Å². The molecule has 0 aliphatic rings. The number of carbonyl (C=O) groups is 2. The van der Waals surface area contributed by atoms with Crippen LogP contribution in [0.25, 0.3) is 0 Å². The molecular weight excluding hydrogens is 164 g/mol. The van der Waals surface area contributed by atoms with Crippen LogP contribution in [0.1, 0.15) is 0 Å². The second-order valence-corrected chi connectivity index (χ2v) is 3.21. The van der Waals surface area contributed by atoms with Gasteiger partial charge in [-0.1, -0.05) is 0 Å². The summed E-state index contributed by atoms with van der Waals surface area (Å²) in [6.45, 7) is 0. The Morgan fingerprint density at radius 3 is 1.73 bits per heavy atom. The van der Waals surface area contributed by atoms with Gasteiger partial charge in [0.1, 0.15) is 12.6 Å². The maximum absolute atomic E-state index is 10.0. The van der Waals surface area contributed by atoms with Crippen LogP contribution in [0, 0.1) is 0 Å². The van der Waals surface area contributed by atoms with Crippen molar-refractivity contribution in [1.82, 2.24) is 0 Å². The van der Waals surface area contributed by atoms with Crippen LogP contribution in [-0.4, -0.2) is 36.2 Å². The highest BCUT2D eigenvalue weighted by Gasteiger charge is 2.02. The molecule has 4 N–H and O–H groups in total. The monoisotopic (exact) mass is 176 g/mol. The van der Waals surface area contributed by atoms with Gasteiger partial charge in [-0.15, -0.1) is 0 Å². The second kappa shape index (κ2) is 6.33. The van der Waals surface area contributed by atoms with E-state index in [0.29, 0.717) is 24.1 Å². The van der Waals surface area contributed by atoms with Crippen LogP contribution < -0.4 is 11.5 Å². The molecule has 0 heterocycles. The Labute approximate surface area is 69.7 Å². The van der Waals surface area contributed by atoms with E-state index in [1.54, 1.807) is 0 Å². The highest BCUT2D eigenvalue weighted by atomic mass is 32.2. The normalized spacial score (nSPS) is 15.5. The standard InChI is InChI=1S/C6H12N2O2S/c7-5(1-9)3-11-4-6(8)2-10/h1-2,5-6H,3-4,7-8H2/t5-,6+. The van der Waals surface area contributed by atoms with E-state index in [2.05, 4.69) is 0 Å². The fraction of sp³-hybridized carbons (Fsp3) is 0.667. The molecule has 0 unspecified atom stereocenters. The largest absolute Gasteiger partial charge is 0.321 e. The number of rotatable bonds is 6. The summed E-state index contributed by atoms with van der Waals surface area (Å²) in [5.74, 6) is 1.04. The Morgan fingerprint density at radius 2 is 1.45 bits per heavy atom. The van der Waals surface area contributed by atoms with Gasteiger partial charge in [-0.2, -0.15) is 11.8 Å². The maximum atomic E-state index is 10.0. The molecule has 0 saturated carbocycles. The third kappa shape index (κ3) is 6.03. The number of aldehydes is 2. The third-order valence-corrected chi connectivity index (χ3v) is 2.21. The molecule has 0 aliphatic heterocycles. The van der Waals surface area contributed by atoms with Crippen molar-refractivity contribution in [2.24, 2.45) is 11.5 Å². The lowest BCUT2D eigenvalue weighted by atomic mass is 10.4. The molecular formula is C6H12N2O2S. The van der Waals surface area contributed by atoms with Crippen LogP contribution >= 0.6 is 11.8 Å². The summed E-state index contributed by atoms with van der Waals surface area (Å²) >= 11 is 1.41. The number of thioether (sulfide) groups is 1. The number of nitrogens with two attached hydrogens (primary N) is 2. The van der Waals surface area contributed by atoms with Crippen molar-refractivity contribution in [1.29, 1.82) is 0 Å². The Morgan fingerprint density at radius 1 is 1.09 bits per heavy atom. The first-order valence-corrected chi connectivity index (χ1v) is 4.35. The summed E-state index contributed by atoms with van der Waals surface area (Å²) in [4.78, 5) is 20.0. The van der Waals surface area contributed by atoms with Gasteiger partial charge in [-0.05, 0) is 0 Å². The van der Waals surface area contributed by atoms with Crippen molar-refractivity contribution in [2.75, 3.05) is 11.5 Å². The molecule has 0 fully saturated rings. The first kappa shape index (κ1) is 10.6. The molecule has 11 heavy (non-hydrogen) atoms. The fourth-order valence-corrected chi connectivity index (χ4v) is 1.26. The van der Waals surface area contributed by atoms with Gasteiger partial charge < -0.3 is 21.1 Å². The van der Waals surface area contributed by atoms with E-state index in [1.807, 2.05) is 0 Å². The lowest BCUT2D eigenvalue weighted by molar-refractivity contribution is -0.109. The Kier molecular flexibility index (Phi) is 6.10. The zero-order valence-electron chi connectivity index (χ0n) is 6.10. The van der Waals surface area contributed by atoms with E-state index < -0.39 is 12.1 Å². The summed E-state index contributed by atoms with van der Waals surface area (Å²) in [7, 11) is 0. The van der Waals surface area contributed by atoms with Crippen LogP contribution in [0.5, 0.6) is 0 Å². The van der Waals surface area contributed by atoms with E-state index in [9.17, 15) is 9.59 Å². The Bertz CT molecular complexity index is 118. The average molecular weight is 176 g/mol. The van der Waals surface area contributed by atoms with Crippen molar-refractivity contribution in [3.63, 3.8) is 0 Å². The second-order valence-electron chi connectivity index (χ2n) is 2.14. The molecule has 0 bridgehead atoms. The zero-order valence-corrected chi connectivity index (χ0v) is 6.92. The van der Waals surface area contributed by atoms with Crippen molar-refractivity contribution in [3.05, 3.63) is 0 Å². The molecule has 0 aromatic heterocycles. The minimum Gasteiger partial charge on any atom is -0.321 e. The summed E-state index contributed by atoms with van der Waals surface area (Å²) in [5.41, 5.74) is 10.6. The molecule has 4 nitrogen and oxygen atoms in total. The number of carbonyl (C=O) groups excluding carboxylic acids is 2. The highest BCUT2D eigenvalue weighted by molar-refractivity contribution is 7.99. The number of hydrogen-bond acceptors (Lipinski definition) is 5. The minimum atomic E-state index is -0.446. The predicted octanol–water partition coefficient (Wildman–Crippen LogP) is -1.23.